The maximum absolute atomic E-state index is 11.9. The van der Waals surface area contributed by atoms with Crippen molar-refractivity contribution in [1.82, 2.24) is 10.3 Å². The van der Waals surface area contributed by atoms with Crippen LogP contribution in [0.5, 0.6) is 0 Å². The summed E-state index contributed by atoms with van der Waals surface area (Å²) in [6.07, 6.45) is -0.838. The smallest absolute Gasteiger partial charge is 0.408 e. The number of rotatable bonds is 4. The van der Waals surface area contributed by atoms with Gasteiger partial charge in [0.05, 0.1) is 0 Å². The Morgan fingerprint density at radius 3 is 2.62 bits per heavy atom. The number of carboxylic acids is 1. The summed E-state index contributed by atoms with van der Waals surface area (Å²) in [6, 6.07) is 8.05. The van der Waals surface area contributed by atoms with Gasteiger partial charge in [-0.1, -0.05) is 18.2 Å². The van der Waals surface area contributed by atoms with Crippen LogP contribution in [0.25, 0.3) is 10.9 Å². The van der Waals surface area contributed by atoms with Crippen molar-refractivity contribution in [2.45, 2.75) is 38.8 Å². The second kappa shape index (κ2) is 6.62. The number of ether oxygens (including phenoxy) is 1. The molecule has 2 rings (SSSR count). The van der Waals surface area contributed by atoms with E-state index in [-0.39, 0.29) is 12.1 Å². The Balaban J connectivity index is 2.27. The Labute approximate surface area is 139 Å². The van der Waals surface area contributed by atoms with E-state index in [1.807, 2.05) is 12.1 Å². The number of H-pyrrole nitrogens is 1. The number of hydrogen-bond acceptors (Lipinski definition) is 4. The number of amides is 1. The van der Waals surface area contributed by atoms with E-state index in [1.165, 1.54) is 0 Å². The van der Waals surface area contributed by atoms with Gasteiger partial charge in [0.15, 0.2) is 0 Å². The first-order valence-electron chi connectivity index (χ1n) is 7.43. The predicted molar refractivity (Wildman–Crippen MR) is 87.5 cm³/mol. The summed E-state index contributed by atoms with van der Waals surface area (Å²) in [7, 11) is 0. The van der Waals surface area contributed by atoms with E-state index in [2.05, 4.69) is 10.3 Å². The molecule has 2 aromatic rings. The van der Waals surface area contributed by atoms with Gasteiger partial charge in [0.2, 0.25) is 0 Å². The van der Waals surface area contributed by atoms with Crippen LogP contribution < -0.4 is 5.32 Å². The highest BCUT2D eigenvalue weighted by atomic mass is 16.6. The Kier molecular flexibility index (Phi) is 4.79. The zero-order chi connectivity index (χ0) is 17.9. The summed E-state index contributed by atoms with van der Waals surface area (Å²) in [6.45, 7) is 5.07. The molecule has 0 aliphatic carbocycles. The van der Waals surface area contributed by atoms with Crippen LogP contribution >= 0.6 is 0 Å². The average molecular weight is 329 g/mol. The third kappa shape index (κ3) is 4.04. The molecule has 0 spiro atoms. The van der Waals surface area contributed by atoms with Gasteiger partial charge < -0.3 is 20.1 Å². The zero-order valence-corrected chi connectivity index (χ0v) is 13.7. The fourth-order valence-corrected chi connectivity index (χ4v) is 2.36. The van der Waals surface area contributed by atoms with E-state index in [0.29, 0.717) is 5.56 Å². The third-order valence-electron chi connectivity index (χ3n) is 3.32. The first-order chi connectivity index (χ1) is 11.2. The van der Waals surface area contributed by atoms with Gasteiger partial charge in [0.1, 0.15) is 23.4 Å². The van der Waals surface area contributed by atoms with E-state index < -0.39 is 23.7 Å². The number of carboxylic acid groups (broad SMARTS) is 1. The van der Waals surface area contributed by atoms with Crippen LogP contribution in [0.4, 0.5) is 4.79 Å². The van der Waals surface area contributed by atoms with Crippen LogP contribution in [0.15, 0.2) is 24.3 Å². The van der Waals surface area contributed by atoms with Crippen molar-refractivity contribution in [2.75, 3.05) is 0 Å². The van der Waals surface area contributed by atoms with Gasteiger partial charge >= 0.3 is 12.1 Å². The van der Waals surface area contributed by atoms with E-state index in [1.54, 1.807) is 39.0 Å². The fourth-order valence-electron chi connectivity index (χ4n) is 2.36. The molecule has 0 saturated carbocycles. The van der Waals surface area contributed by atoms with Gasteiger partial charge in [-0.15, -0.1) is 0 Å². The number of nitriles is 1. The van der Waals surface area contributed by atoms with Crippen LogP contribution in [0.2, 0.25) is 0 Å². The molecule has 7 heteroatoms. The molecule has 24 heavy (non-hydrogen) atoms. The van der Waals surface area contributed by atoms with Gasteiger partial charge in [-0.05, 0) is 32.4 Å². The number of para-hydroxylation sites is 1. The van der Waals surface area contributed by atoms with Crippen molar-refractivity contribution >= 4 is 23.0 Å². The second-order valence-electron chi connectivity index (χ2n) is 6.38. The molecule has 1 atom stereocenters. The molecular formula is C17H19N3O4. The molecule has 1 heterocycles. The lowest BCUT2D eigenvalue weighted by Crippen LogP contribution is -2.44. The van der Waals surface area contributed by atoms with Gasteiger partial charge in [-0.25, -0.2) is 9.59 Å². The minimum atomic E-state index is -1.20. The summed E-state index contributed by atoms with van der Waals surface area (Å²) in [4.78, 5) is 26.3. The molecule has 0 saturated heterocycles. The average Bonchev–Trinajstić information content (AvgIpc) is 2.82. The lowest BCUT2D eigenvalue weighted by Gasteiger charge is -2.22. The molecule has 3 N–H and O–H groups in total. The summed E-state index contributed by atoms with van der Waals surface area (Å²) in [5.74, 6) is -1.20. The van der Waals surface area contributed by atoms with Crippen LogP contribution in [-0.2, 0) is 16.0 Å². The largest absolute Gasteiger partial charge is 0.480 e. The minimum absolute atomic E-state index is 0.0263. The minimum Gasteiger partial charge on any atom is -0.480 e. The van der Waals surface area contributed by atoms with E-state index in [4.69, 9.17) is 4.74 Å². The van der Waals surface area contributed by atoms with Crippen molar-refractivity contribution in [1.29, 1.82) is 5.26 Å². The summed E-state index contributed by atoms with van der Waals surface area (Å²) in [5.41, 5.74) is 0.849. The standard InChI is InChI=1S/C17H19N3O4/c1-17(2,3)24-16(23)20-13(15(21)22)8-11-10-6-4-5-7-12(10)19-14(11)9-18/h4-7,13,19H,8H2,1-3H3,(H,20,23)(H,21,22)/t13-/m1/s1. The molecule has 0 radical (unpaired) electrons. The first-order valence-corrected chi connectivity index (χ1v) is 7.43. The Morgan fingerprint density at radius 1 is 1.38 bits per heavy atom. The number of fused-ring (bicyclic) bond motifs is 1. The number of carbonyl (C=O) groups is 2. The van der Waals surface area contributed by atoms with E-state index >= 15 is 0 Å². The molecule has 0 unspecified atom stereocenters. The SMILES string of the molecule is CC(C)(C)OC(=O)N[C@H](Cc1c(C#N)[nH]c2ccccc12)C(=O)O. The first kappa shape index (κ1) is 17.3. The number of aliphatic carboxylic acids is 1. The normalized spacial score (nSPS) is 12.4. The quantitative estimate of drug-likeness (QED) is 0.797. The number of aromatic nitrogens is 1. The number of nitrogens with one attached hydrogen (secondary N) is 2. The highest BCUT2D eigenvalue weighted by Gasteiger charge is 2.26. The molecule has 0 aliphatic heterocycles. The summed E-state index contributed by atoms with van der Waals surface area (Å²) in [5, 5.41) is 21.8. The van der Waals surface area contributed by atoms with Crippen molar-refractivity contribution in [3.8, 4) is 6.07 Å². The van der Waals surface area contributed by atoms with Crippen molar-refractivity contribution < 1.29 is 19.4 Å². The maximum atomic E-state index is 11.9. The molecule has 1 amide bonds. The molecule has 0 aliphatic rings. The molecule has 7 nitrogen and oxygen atoms in total. The van der Waals surface area contributed by atoms with E-state index in [0.717, 1.165) is 10.9 Å². The highest BCUT2D eigenvalue weighted by Crippen LogP contribution is 2.23. The Morgan fingerprint density at radius 2 is 2.04 bits per heavy atom. The number of carbonyl (C=O) groups excluding carboxylic acids is 1. The van der Waals surface area contributed by atoms with Crippen LogP contribution in [-0.4, -0.2) is 33.8 Å². The lowest BCUT2D eigenvalue weighted by atomic mass is 10.0. The molecular weight excluding hydrogens is 310 g/mol. The summed E-state index contributed by atoms with van der Waals surface area (Å²) >= 11 is 0. The fraction of sp³-hybridized carbons (Fsp3) is 0.353. The molecule has 126 valence electrons. The molecule has 1 aromatic carbocycles. The molecule has 1 aromatic heterocycles. The van der Waals surface area contributed by atoms with Gasteiger partial charge in [-0.2, -0.15) is 5.26 Å². The third-order valence-corrected chi connectivity index (χ3v) is 3.32. The van der Waals surface area contributed by atoms with Gasteiger partial charge in [0, 0.05) is 17.3 Å². The lowest BCUT2D eigenvalue weighted by molar-refractivity contribution is -0.139. The second-order valence-corrected chi connectivity index (χ2v) is 6.38. The maximum Gasteiger partial charge on any atom is 0.408 e. The number of aromatic amines is 1. The van der Waals surface area contributed by atoms with Crippen molar-refractivity contribution in [3.63, 3.8) is 0 Å². The van der Waals surface area contributed by atoms with Crippen LogP contribution in [0, 0.1) is 11.3 Å². The molecule has 0 bridgehead atoms. The zero-order valence-electron chi connectivity index (χ0n) is 13.7. The highest BCUT2D eigenvalue weighted by molar-refractivity contribution is 5.87. The number of nitrogens with zero attached hydrogens (tertiary/aromatic N) is 1. The number of hydrogen-bond donors (Lipinski definition) is 3. The number of benzene rings is 1. The van der Waals surface area contributed by atoms with Crippen molar-refractivity contribution in [2.24, 2.45) is 0 Å². The van der Waals surface area contributed by atoms with Crippen LogP contribution in [0.1, 0.15) is 32.0 Å². The summed E-state index contributed by atoms with van der Waals surface area (Å²) < 4.78 is 5.10. The molecule has 0 fully saturated rings. The van der Waals surface area contributed by atoms with Crippen LogP contribution in [0.3, 0.4) is 0 Å². The predicted octanol–water partition coefficient (Wildman–Crippen LogP) is 2.56. The topological polar surface area (TPSA) is 115 Å². The monoisotopic (exact) mass is 329 g/mol. The van der Waals surface area contributed by atoms with Crippen molar-refractivity contribution in [3.05, 3.63) is 35.5 Å². The number of alkyl carbamates (subject to hydrolysis) is 1. The Hall–Kier alpha value is -3.01. The Bertz CT molecular complexity index is 811. The van der Waals surface area contributed by atoms with E-state index in [9.17, 15) is 20.0 Å². The van der Waals surface area contributed by atoms with Gasteiger partial charge in [-0.3, -0.25) is 0 Å². The van der Waals surface area contributed by atoms with Gasteiger partial charge in [0.25, 0.3) is 0 Å².